The zero-order valence-electron chi connectivity index (χ0n) is 18.0. The predicted molar refractivity (Wildman–Crippen MR) is 114 cm³/mol. The molecule has 1 aliphatic heterocycles. The summed E-state index contributed by atoms with van der Waals surface area (Å²) in [6, 6.07) is 12.9. The number of carbonyl (C=O) groups is 2. The number of rotatable bonds is 7. The van der Waals surface area contributed by atoms with Gasteiger partial charge in [-0.1, -0.05) is 30.3 Å². The highest BCUT2D eigenvalue weighted by Gasteiger charge is 2.39. The van der Waals surface area contributed by atoms with Crippen LogP contribution < -0.4 is 14.2 Å². The first-order valence-electron chi connectivity index (χ1n) is 9.91. The number of carbonyl (C=O) groups excluding carboxylic acids is 2. The van der Waals surface area contributed by atoms with Crippen LogP contribution in [0.1, 0.15) is 30.6 Å². The molecular formula is C24H26O7. The molecule has 2 aromatic carbocycles. The summed E-state index contributed by atoms with van der Waals surface area (Å²) in [5.74, 6) is -0.184. The summed E-state index contributed by atoms with van der Waals surface area (Å²) >= 11 is 0. The minimum Gasteiger partial charge on any atom is -0.493 e. The van der Waals surface area contributed by atoms with Gasteiger partial charge in [0.05, 0.1) is 27.2 Å². The summed E-state index contributed by atoms with van der Waals surface area (Å²) in [7, 11) is 4.54. The van der Waals surface area contributed by atoms with E-state index in [1.807, 2.05) is 30.3 Å². The lowest BCUT2D eigenvalue weighted by molar-refractivity contribution is -0.176. The molecule has 0 radical (unpaired) electrons. The van der Waals surface area contributed by atoms with Crippen LogP contribution in [0.2, 0.25) is 0 Å². The highest BCUT2D eigenvalue weighted by atomic mass is 16.6. The number of esters is 2. The molecule has 1 fully saturated rings. The Labute approximate surface area is 181 Å². The molecule has 0 bridgehead atoms. The van der Waals surface area contributed by atoms with Crippen LogP contribution in [0.3, 0.4) is 0 Å². The van der Waals surface area contributed by atoms with Crippen molar-refractivity contribution in [2.75, 3.05) is 21.3 Å². The third-order valence-electron chi connectivity index (χ3n) is 5.17. The molecule has 3 atom stereocenters. The topological polar surface area (TPSA) is 80.3 Å². The van der Waals surface area contributed by atoms with Gasteiger partial charge in [0, 0.05) is 18.1 Å². The maximum atomic E-state index is 12.5. The van der Waals surface area contributed by atoms with Crippen LogP contribution in [-0.2, 0) is 19.1 Å². The standard InChI is InChI=1S/C24H26O7/c1-15-18(30-22(25)11-10-16-8-6-5-7-9-16)14-19(31-24(15)26)17-12-20(27-2)23(29-4)21(13-17)28-3/h5-13,15,18-19H,14H2,1-4H3. The number of ether oxygens (including phenoxy) is 5. The molecule has 2 aromatic rings. The van der Waals surface area contributed by atoms with Crippen LogP contribution in [0, 0.1) is 5.92 Å². The van der Waals surface area contributed by atoms with Crippen LogP contribution in [0.15, 0.2) is 48.5 Å². The van der Waals surface area contributed by atoms with Gasteiger partial charge in [-0.2, -0.15) is 0 Å². The van der Waals surface area contributed by atoms with Gasteiger partial charge in [-0.3, -0.25) is 4.79 Å². The number of hydrogen-bond donors (Lipinski definition) is 0. The Morgan fingerprint density at radius 2 is 1.68 bits per heavy atom. The van der Waals surface area contributed by atoms with E-state index in [1.54, 1.807) is 25.1 Å². The highest BCUT2D eigenvalue weighted by molar-refractivity contribution is 5.87. The Hall–Kier alpha value is -3.48. The van der Waals surface area contributed by atoms with Crippen LogP contribution in [0.25, 0.3) is 6.08 Å². The van der Waals surface area contributed by atoms with Gasteiger partial charge in [0.25, 0.3) is 0 Å². The lowest BCUT2D eigenvalue weighted by atomic mass is 9.92. The van der Waals surface area contributed by atoms with Crippen molar-refractivity contribution in [3.05, 3.63) is 59.7 Å². The fourth-order valence-corrected chi connectivity index (χ4v) is 3.42. The first kappa shape index (κ1) is 22.2. The second-order valence-corrected chi connectivity index (χ2v) is 7.13. The summed E-state index contributed by atoms with van der Waals surface area (Å²) in [6.45, 7) is 1.69. The molecule has 0 aliphatic carbocycles. The molecule has 0 amide bonds. The Balaban J connectivity index is 1.78. The summed E-state index contributed by atoms with van der Waals surface area (Å²) in [5, 5.41) is 0. The van der Waals surface area contributed by atoms with Gasteiger partial charge >= 0.3 is 11.9 Å². The lowest BCUT2D eigenvalue weighted by Gasteiger charge is -2.33. The summed E-state index contributed by atoms with van der Waals surface area (Å²) in [6.07, 6.45) is 2.10. The molecular weight excluding hydrogens is 400 g/mol. The SMILES string of the molecule is COc1cc(C2CC(OC(=O)C=Cc3ccccc3)C(C)C(=O)O2)cc(OC)c1OC. The van der Waals surface area contributed by atoms with Gasteiger partial charge in [0.1, 0.15) is 12.2 Å². The monoisotopic (exact) mass is 426 g/mol. The molecule has 0 spiro atoms. The van der Waals surface area contributed by atoms with E-state index in [-0.39, 0.29) is 0 Å². The average molecular weight is 426 g/mol. The van der Waals surface area contributed by atoms with Gasteiger partial charge in [0.15, 0.2) is 11.5 Å². The van der Waals surface area contributed by atoms with E-state index >= 15 is 0 Å². The van der Waals surface area contributed by atoms with E-state index < -0.39 is 30.1 Å². The van der Waals surface area contributed by atoms with Crippen molar-refractivity contribution in [3.63, 3.8) is 0 Å². The normalized spacial score (nSPS) is 20.8. The van der Waals surface area contributed by atoms with E-state index in [9.17, 15) is 9.59 Å². The third kappa shape index (κ3) is 5.17. The zero-order chi connectivity index (χ0) is 22.4. The zero-order valence-corrected chi connectivity index (χ0v) is 18.0. The lowest BCUT2D eigenvalue weighted by Crippen LogP contribution is -2.39. The summed E-state index contributed by atoms with van der Waals surface area (Å²) in [5.41, 5.74) is 1.54. The van der Waals surface area contributed by atoms with Gasteiger partial charge in [-0.15, -0.1) is 0 Å². The van der Waals surface area contributed by atoms with Crippen molar-refractivity contribution >= 4 is 18.0 Å². The Morgan fingerprint density at radius 3 is 2.26 bits per heavy atom. The van der Waals surface area contributed by atoms with Crippen LogP contribution >= 0.6 is 0 Å². The molecule has 1 heterocycles. The fraction of sp³-hybridized carbons (Fsp3) is 0.333. The third-order valence-corrected chi connectivity index (χ3v) is 5.17. The molecule has 164 valence electrons. The number of methoxy groups -OCH3 is 3. The van der Waals surface area contributed by atoms with Crippen LogP contribution in [-0.4, -0.2) is 39.4 Å². The van der Waals surface area contributed by atoms with Crippen molar-refractivity contribution in [1.29, 1.82) is 0 Å². The average Bonchev–Trinajstić information content (AvgIpc) is 2.80. The molecule has 7 heteroatoms. The largest absolute Gasteiger partial charge is 0.493 e. The van der Waals surface area contributed by atoms with Gasteiger partial charge in [0.2, 0.25) is 5.75 Å². The number of benzene rings is 2. The summed E-state index contributed by atoms with van der Waals surface area (Å²) < 4.78 is 27.3. The predicted octanol–water partition coefficient (Wildman–Crippen LogP) is 3.96. The molecule has 3 unspecified atom stereocenters. The van der Waals surface area contributed by atoms with E-state index in [4.69, 9.17) is 23.7 Å². The Morgan fingerprint density at radius 1 is 1.03 bits per heavy atom. The number of hydrogen-bond acceptors (Lipinski definition) is 7. The van der Waals surface area contributed by atoms with Gasteiger partial charge in [-0.25, -0.2) is 4.79 Å². The van der Waals surface area contributed by atoms with Crippen molar-refractivity contribution in [2.45, 2.75) is 25.6 Å². The van der Waals surface area contributed by atoms with E-state index in [2.05, 4.69) is 0 Å². The quantitative estimate of drug-likeness (QED) is 0.490. The van der Waals surface area contributed by atoms with Crippen molar-refractivity contribution in [3.8, 4) is 17.2 Å². The molecule has 1 saturated heterocycles. The highest BCUT2D eigenvalue weighted by Crippen LogP contribution is 2.42. The molecule has 1 aliphatic rings. The molecule has 3 rings (SSSR count). The van der Waals surface area contributed by atoms with Crippen molar-refractivity contribution in [2.24, 2.45) is 5.92 Å². The first-order chi connectivity index (χ1) is 15.0. The number of cyclic esters (lactones) is 1. The van der Waals surface area contributed by atoms with E-state index in [1.165, 1.54) is 27.4 Å². The fourth-order valence-electron chi connectivity index (χ4n) is 3.42. The molecule has 0 N–H and O–H groups in total. The van der Waals surface area contributed by atoms with Crippen LogP contribution in [0.5, 0.6) is 17.2 Å². The Bertz CT molecular complexity index is 927. The van der Waals surface area contributed by atoms with E-state index in [0.717, 1.165) is 5.56 Å². The van der Waals surface area contributed by atoms with E-state index in [0.29, 0.717) is 29.2 Å². The second-order valence-electron chi connectivity index (χ2n) is 7.13. The van der Waals surface area contributed by atoms with Crippen molar-refractivity contribution in [1.82, 2.24) is 0 Å². The van der Waals surface area contributed by atoms with Gasteiger partial charge in [-0.05, 0) is 30.7 Å². The second kappa shape index (κ2) is 10.0. The van der Waals surface area contributed by atoms with Crippen LogP contribution in [0.4, 0.5) is 0 Å². The summed E-state index contributed by atoms with van der Waals surface area (Å²) in [4.78, 5) is 24.8. The molecule has 0 aromatic heterocycles. The molecule has 7 nitrogen and oxygen atoms in total. The smallest absolute Gasteiger partial charge is 0.331 e. The molecule has 0 saturated carbocycles. The minimum absolute atomic E-state index is 0.316. The Kier molecular flexibility index (Phi) is 7.18. The van der Waals surface area contributed by atoms with Crippen molar-refractivity contribution < 1.29 is 33.3 Å². The molecule has 31 heavy (non-hydrogen) atoms. The minimum atomic E-state index is -0.627. The maximum absolute atomic E-state index is 12.5. The van der Waals surface area contributed by atoms with Gasteiger partial charge < -0.3 is 23.7 Å². The maximum Gasteiger partial charge on any atom is 0.331 e. The first-order valence-corrected chi connectivity index (χ1v) is 9.91.